The zero-order chi connectivity index (χ0) is 18.7. The van der Waals surface area contributed by atoms with Crippen molar-refractivity contribution in [2.45, 2.75) is 40.0 Å². The first kappa shape index (κ1) is 20.2. The number of benzene rings is 1. The molecule has 1 aromatic rings. The Labute approximate surface area is 149 Å². The zero-order valence-corrected chi connectivity index (χ0v) is 15.1. The molecule has 1 rings (SSSR count). The molecular formula is C19H26N4O2. The highest BCUT2D eigenvalue weighted by Crippen LogP contribution is 2.14. The first-order valence-corrected chi connectivity index (χ1v) is 8.55. The molecule has 2 N–H and O–H groups in total. The highest BCUT2D eigenvalue weighted by molar-refractivity contribution is 6.06. The quantitative estimate of drug-likeness (QED) is 0.531. The van der Waals surface area contributed by atoms with E-state index in [1.807, 2.05) is 11.0 Å². The fourth-order valence-electron chi connectivity index (χ4n) is 2.25. The van der Waals surface area contributed by atoms with Crippen molar-refractivity contribution >= 4 is 23.2 Å². The van der Waals surface area contributed by atoms with Gasteiger partial charge in [-0.25, -0.2) is 0 Å². The van der Waals surface area contributed by atoms with Crippen molar-refractivity contribution in [2.24, 2.45) is 0 Å². The van der Waals surface area contributed by atoms with Crippen molar-refractivity contribution in [2.75, 3.05) is 23.7 Å². The number of rotatable bonds is 9. The molecule has 0 aromatic heterocycles. The van der Waals surface area contributed by atoms with E-state index in [1.54, 1.807) is 30.5 Å². The van der Waals surface area contributed by atoms with Crippen molar-refractivity contribution in [3.8, 4) is 6.07 Å². The lowest BCUT2D eigenvalue weighted by molar-refractivity contribution is -0.114. The molecule has 0 aliphatic carbocycles. The van der Waals surface area contributed by atoms with Crippen LogP contribution in [0.5, 0.6) is 0 Å². The minimum Gasteiger partial charge on any atom is -0.376 e. The predicted octanol–water partition coefficient (Wildman–Crippen LogP) is 3.50. The Morgan fingerprint density at radius 1 is 1.08 bits per heavy atom. The van der Waals surface area contributed by atoms with Crippen LogP contribution in [0.4, 0.5) is 11.4 Å². The first-order valence-electron chi connectivity index (χ1n) is 8.55. The number of carbonyl (C=O) groups is 2. The number of nitriles is 1. The van der Waals surface area contributed by atoms with Gasteiger partial charge in [-0.15, -0.1) is 0 Å². The number of anilines is 2. The number of hydrogen-bond donors (Lipinski definition) is 2. The number of carbonyl (C=O) groups excluding carboxylic acids is 2. The van der Waals surface area contributed by atoms with E-state index >= 15 is 0 Å². The van der Waals surface area contributed by atoms with Crippen molar-refractivity contribution in [3.05, 3.63) is 36.0 Å². The highest BCUT2D eigenvalue weighted by atomic mass is 16.2. The average Bonchev–Trinajstić information content (AvgIpc) is 2.58. The molecule has 0 aliphatic rings. The minimum absolute atomic E-state index is 0.0792. The van der Waals surface area contributed by atoms with E-state index < -0.39 is 5.91 Å². The Bertz CT molecular complexity index is 644. The third-order valence-corrected chi connectivity index (χ3v) is 3.45. The number of amides is 2. The van der Waals surface area contributed by atoms with Gasteiger partial charge in [-0.3, -0.25) is 9.59 Å². The molecule has 134 valence electrons. The largest absolute Gasteiger partial charge is 0.376 e. The summed E-state index contributed by atoms with van der Waals surface area (Å²) in [5, 5.41) is 14.7. The van der Waals surface area contributed by atoms with Gasteiger partial charge in [0.15, 0.2) is 0 Å². The molecule has 0 aliphatic heterocycles. The van der Waals surface area contributed by atoms with E-state index in [1.165, 1.54) is 6.92 Å². The summed E-state index contributed by atoms with van der Waals surface area (Å²) in [7, 11) is 0. The van der Waals surface area contributed by atoms with E-state index in [4.69, 9.17) is 0 Å². The van der Waals surface area contributed by atoms with Gasteiger partial charge in [0, 0.05) is 37.6 Å². The van der Waals surface area contributed by atoms with E-state index in [2.05, 4.69) is 24.5 Å². The Morgan fingerprint density at radius 3 is 2.16 bits per heavy atom. The molecule has 0 atom stereocenters. The smallest absolute Gasteiger partial charge is 0.267 e. The molecule has 0 bridgehead atoms. The van der Waals surface area contributed by atoms with Crippen molar-refractivity contribution in [1.82, 2.24) is 4.90 Å². The zero-order valence-electron chi connectivity index (χ0n) is 15.1. The summed E-state index contributed by atoms with van der Waals surface area (Å²) in [6.07, 6.45) is 4.66. The molecule has 0 saturated heterocycles. The van der Waals surface area contributed by atoms with Gasteiger partial charge in [-0.1, -0.05) is 20.3 Å². The molecule has 6 nitrogen and oxygen atoms in total. The van der Waals surface area contributed by atoms with Crippen LogP contribution in [0, 0.1) is 11.3 Å². The van der Waals surface area contributed by atoms with Crippen LogP contribution >= 0.6 is 0 Å². The van der Waals surface area contributed by atoms with E-state index in [-0.39, 0.29) is 11.5 Å². The van der Waals surface area contributed by atoms with Crippen molar-refractivity contribution in [3.63, 3.8) is 0 Å². The third kappa shape index (κ3) is 7.53. The molecule has 0 fully saturated rings. The summed E-state index contributed by atoms with van der Waals surface area (Å²) < 4.78 is 0. The van der Waals surface area contributed by atoms with Crippen molar-refractivity contribution < 1.29 is 9.59 Å². The van der Waals surface area contributed by atoms with Crippen LogP contribution in [-0.2, 0) is 9.59 Å². The lowest BCUT2D eigenvalue weighted by Crippen LogP contribution is -2.23. The van der Waals surface area contributed by atoms with Gasteiger partial charge < -0.3 is 15.5 Å². The van der Waals surface area contributed by atoms with Gasteiger partial charge in [0.2, 0.25) is 5.91 Å². The molecule has 0 spiro atoms. The fraction of sp³-hybridized carbons (Fsp3) is 0.421. The van der Waals surface area contributed by atoms with Crippen LogP contribution < -0.4 is 10.6 Å². The summed E-state index contributed by atoms with van der Waals surface area (Å²) in [4.78, 5) is 25.3. The number of unbranched alkanes of at least 4 members (excludes halogenated alkanes) is 1. The molecule has 0 unspecified atom stereocenters. The maximum Gasteiger partial charge on any atom is 0.267 e. The van der Waals surface area contributed by atoms with Gasteiger partial charge in [-0.2, -0.15) is 5.26 Å². The van der Waals surface area contributed by atoms with Gasteiger partial charge in [-0.05, 0) is 37.1 Å². The van der Waals surface area contributed by atoms with Gasteiger partial charge in [0.05, 0.1) is 0 Å². The molecule has 0 radical (unpaired) electrons. The van der Waals surface area contributed by atoms with Crippen LogP contribution in [0.15, 0.2) is 36.0 Å². The third-order valence-electron chi connectivity index (χ3n) is 3.45. The predicted molar refractivity (Wildman–Crippen MR) is 99.8 cm³/mol. The van der Waals surface area contributed by atoms with Gasteiger partial charge in [0.1, 0.15) is 11.6 Å². The highest BCUT2D eigenvalue weighted by Gasteiger charge is 2.11. The van der Waals surface area contributed by atoms with Crippen LogP contribution in [0.3, 0.4) is 0 Å². The molecule has 2 amide bonds. The fourth-order valence-corrected chi connectivity index (χ4v) is 2.25. The van der Waals surface area contributed by atoms with Gasteiger partial charge in [0.25, 0.3) is 5.91 Å². The first-order chi connectivity index (χ1) is 12.0. The lowest BCUT2D eigenvalue weighted by atomic mass is 10.2. The maximum absolute atomic E-state index is 12.3. The topological polar surface area (TPSA) is 85.2 Å². The van der Waals surface area contributed by atoms with E-state index in [0.717, 1.165) is 32.4 Å². The average molecular weight is 342 g/mol. The van der Waals surface area contributed by atoms with Crippen LogP contribution in [0.25, 0.3) is 0 Å². The normalized spacial score (nSPS) is 10.7. The van der Waals surface area contributed by atoms with Crippen molar-refractivity contribution in [1.29, 1.82) is 5.26 Å². The maximum atomic E-state index is 12.3. The Hall–Kier alpha value is -2.81. The second kappa shape index (κ2) is 10.9. The van der Waals surface area contributed by atoms with Gasteiger partial charge >= 0.3 is 0 Å². The lowest BCUT2D eigenvalue weighted by Gasteiger charge is -2.19. The Balaban J connectivity index is 2.79. The second-order valence-corrected chi connectivity index (χ2v) is 5.76. The Kier molecular flexibility index (Phi) is 8.80. The summed E-state index contributed by atoms with van der Waals surface area (Å²) in [6.45, 7) is 7.24. The van der Waals surface area contributed by atoms with E-state index in [0.29, 0.717) is 11.4 Å². The molecule has 25 heavy (non-hydrogen) atoms. The van der Waals surface area contributed by atoms with Crippen LogP contribution in [0.1, 0.15) is 40.0 Å². The molecule has 6 heteroatoms. The Morgan fingerprint density at radius 2 is 1.68 bits per heavy atom. The molecule has 1 aromatic carbocycles. The SMILES string of the molecule is CCCCN(/C=C(/C#N)C(=O)Nc1ccc(NC(C)=O)cc1)CCC. The number of nitrogens with zero attached hydrogens (tertiary/aromatic N) is 2. The van der Waals surface area contributed by atoms with Crippen LogP contribution in [0.2, 0.25) is 0 Å². The second-order valence-electron chi connectivity index (χ2n) is 5.76. The number of hydrogen-bond acceptors (Lipinski definition) is 4. The van der Waals surface area contributed by atoms with Crippen LogP contribution in [-0.4, -0.2) is 29.8 Å². The monoisotopic (exact) mass is 342 g/mol. The summed E-state index contributed by atoms with van der Waals surface area (Å²) in [5.74, 6) is -0.595. The minimum atomic E-state index is -0.438. The molecule has 0 saturated carbocycles. The summed E-state index contributed by atoms with van der Waals surface area (Å²) in [5.41, 5.74) is 1.29. The molecule has 0 heterocycles. The molecular weight excluding hydrogens is 316 g/mol. The number of nitrogens with one attached hydrogen (secondary N) is 2. The standard InChI is InChI=1S/C19H26N4O2/c1-4-6-12-23(11-5-2)14-16(13-20)19(25)22-18-9-7-17(8-10-18)21-15(3)24/h7-10,14H,4-6,11-12H2,1-3H3,(H,21,24)(H,22,25)/b16-14-. The summed E-state index contributed by atoms with van der Waals surface area (Å²) in [6, 6.07) is 8.72. The summed E-state index contributed by atoms with van der Waals surface area (Å²) >= 11 is 0. The van der Waals surface area contributed by atoms with E-state index in [9.17, 15) is 14.9 Å².